The predicted octanol–water partition coefficient (Wildman–Crippen LogP) is 0.256. The maximum atomic E-state index is 10.7. The monoisotopic (exact) mass is 159 g/mol. The number of rotatable bonds is 1. The number of aliphatic hydroxyl groups excluding tert-OH is 1. The summed E-state index contributed by atoms with van der Waals surface area (Å²) in [6, 6.07) is 0.0949. The van der Waals surface area contributed by atoms with Crippen molar-refractivity contribution in [3.05, 3.63) is 0 Å². The fourth-order valence-electron chi connectivity index (χ4n) is 1.31. The molecule has 0 spiro atoms. The molecule has 0 saturated heterocycles. The molecule has 0 aromatic rings. The second-order valence-corrected chi connectivity index (χ2v) is 2.80. The first-order chi connectivity index (χ1) is 5.22. The zero-order chi connectivity index (χ0) is 8.27. The molecule has 1 saturated carbocycles. The highest BCUT2D eigenvalue weighted by Crippen LogP contribution is 2.18. The number of hydrogen-bond donors (Lipinski definition) is 2. The molecule has 4 heteroatoms. The SMILES string of the molecule is COC(=O)N[C@H]1CC[C@@H](O)C1. The zero-order valence-electron chi connectivity index (χ0n) is 6.54. The van der Waals surface area contributed by atoms with E-state index < -0.39 is 6.09 Å². The highest BCUT2D eigenvalue weighted by molar-refractivity contribution is 5.67. The molecule has 0 bridgehead atoms. The molecule has 1 rings (SSSR count). The molecule has 0 aliphatic heterocycles. The lowest BCUT2D eigenvalue weighted by atomic mass is 10.2. The van der Waals surface area contributed by atoms with Crippen molar-refractivity contribution in [2.24, 2.45) is 0 Å². The third-order valence-corrected chi connectivity index (χ3v) is 1.91. The molecular weight excluding hydrogens is 146 g/mol. The number of amides is 1. The number of nitrogens with one attached hydrogen (secondary N) is 1. The number of carbonyl (C=O) groups is 1. The third kappa shape index (κ3) is 2.38. The van der Waals surface area contributed by atoms with Gasteiger partial charge in [-0.25, -0.2) is 4.79 Å². The molecule has 1 amide bonds. The minimum Gasteiger partial charge on any atom is -0.453 e. The molecule has 4 nitrogen and oxygen atoms in total. The second-order valence-electron chi connectivity index (χ2n) is 2.80. The zero-order valence-corrected chi connectivity index (χ0v) is 6.54. The molecule has 11 heavy (non-hydrogen) atoms. The van der Waals surface area contributed by atoms with E-state index in [0.717, 1.165) is 12.8 Å². The van der Waals surface area contributed by atoms with E-state index in [1.807, 2.05) is 0 Å². The largest absolute Gasteiger partial charge is 0.453 e. The number of carbonyl (C=O) groups excluding carboxylic acids is 1. The summed E-state index contributed by atoms with van der Waals surface area (Å²) in [5.74, 6) is 0. The average Bonchev–Trinajstić information content (AvgIpc) is 2.35. The fourth-order valence-corrected chi connectivity index (χ4v) is 1.31. The summed E-state index contributed by atoms with van der Waals surface area (Å²) in [6.07, 6.45) is 1.60. The highest BCUT2D eigenvalue weighted by atomic mass is 16.5. The first-order valence-electron chi connectivity index (χ1n) is 3.75. The molecule has 1 fully saturated rings. The Hall–Kier alpha value is -0.770. The molecule has 2 N–H and O–H groups in total. The van der Waals surface area contributed by atoms with E-state index in [-0.39, 0.29) is 12.1 Å². The van der Waals surface area contributed by atoms with Gasteiger partial charge in [0, 0.05) is 6.04 Å². The van der Waals surface area contributed by atoms with E-state index in [9.17, 15) is 4.79 Å². The first kappa shape index (κ1) is 8.33. The van der Waals surface area contributed by atoms with Crippen molar-refractivity contribution in [3.63, 3.8) is 0 Å². The molecule has 0 radical (unpaired) electrons. The Bertz CT molecular complexity index is 149. The topological polar surface area (TPSA) is 58.6 Å². The summed E-state index contributed by atoms with van der Waals surface area (Å²) in [5.41, 5.74) is 0. The molecule has 0 heterocycles. The van der Waals surface area contributed by atoms with Gasteiger partial charge in [-0.05, 0) is 19.3 Å². The second kappa shape index (κ2) is 3.57. The molecule has 0 unspecified atom stereocenters. The van der Waals surface area contributed by atoms with Gasteiger partial charge >= 0.3 is 6.09 Å². The van der Waals surface area contributed by atoms with Crippen LogP contribution >= 0.6 is 0 Å². The van der Waals surface area contributed by atoms with Crippen LogP contribution < -0.4 is 5.32 Å². The lowest BCUT2D eigenvalue weighted by Crippen LogP contribution is -2.32. The van der Waals surface area contributed by atoms with Crippen LogP contribution in [0.15, 0.2) is 0 Å². The van der Waals surface area contributed by atoms with Gasteiger partial charge in [0.05, 0.1) is 13.2 Å². The summed E-state index contributed by atoms with van der Waals surface area (Å²) >= 11 is 0. The summed E-state index contributed by atoms with van der Waals surface area (Å²) in [4.78, 5) is 10.7. The Kier molecular flexibility index (Phi) is 2.70. The van der Waals surface area contributed by atoms with Crippen molar-refractivity contribution >= 4 is 6.09 Å². The average molecular weight is 159 g/mol. The Labute approximate surface area is 65.5 Å². The van der Waals surface area contributed by atoms with Gasteiger partial charge in [-0.15, -0.1) is 0 Å². The van der Waals surface area contributed by atoms with Crippen LogP contribution in [-0.4, -0.2) is 30.5 Å². The standard InChI is InChI=1S/C7H13NO3/c1-11-7(10)8-5-2-3-6(9)4-5/h5-6,9H,2-4H2,1H3,(H,8,10)/t5-,6+/m0/s1. The van der Waals surface area contributed by atoms with Crippen molar-refractivity contribution in [1.82, 2.24) is 5.32 Å². The lowest BCUT2D eigenvalue weighted by Gasteiger charge is -2.09. The molecule has 1 aliphatic carbocycles. The van der Waals surface area contributed by atoms with Crippen LogP contribution in [0.25, 0.3) is 0 Å². The summed E-state index contributed by atoms with van der Waals surface area (Å²) < 4.78 is 4.42. The minimum absolute atomic E-state index is 0.0949. The van der Waals surface area contributed by atoms with Crippen LogP contribution in [0.3, 0.4) is 0 Å². The molecular formula is C7H13NO3. The van der Waals surface area contributed by atoms with Gasteiger partial charge in [0.2, 0.25) is 0 Å². The van der Waals surface area contributed by atoms with E-state index in [0.29, 0.717) is 6.42 Å². The van der Waals surface area contributed by atoms with Gasteiger partial charge in [-0.2, -0.15) is 0 Å². The maximum absolute atomic E-state index is 10.7. The molecule has 64 valence electrons. The number of methoxy groups -OCH3 is 1. The van der Waals surface area contributed by atoms with E-state index in [4.69, 9.17) is 5.11 Å². The lowest BCUT2D eigenvalue weighted by molar-refractivity contribution is 0.161. The van der Waals surface area contributed by atoms with Crippen molar-refractivity contribution in [1.29, 1.82) is 0 Å². The van der Waals surface area contributed by atoms with Gasteiger partial charge in [-0.3, -0.25) is 0 Å². The van der Waals surface area contributed by atoms with E-state index in [2.05, 4.69) is 10.1 Å². The van der Waals surface area contributed by atoms with Crippen LogP contribution in [0.1, 0.15) is 19.3 Å². The van der Waals surface area contributed by atoms with Gasteiger partial charge < -0.3 is 15.2 Å². The van der Waals surface area contributed by atoms with E-state index >= 15 is 0 Å². The molecule has 0 aromatic carbocycles. The molecule has 2 atom stereocenters. The summed E-state index contributed by atoms with van der Waals surface area (Å²) in [6.45, 7) is 0. The number of aliphatic hydroxyl groups is 1. The van der Waals surface area contributed by atoms with Gasteiger partial charge in [-0.1, -0.05) is 0 Å². The predicted molar refractivity (Wildman–Crippen MR) is 39.2 cm³/mol. The van der Waals surface area contributed by atoms with Gasteiger partial charge in [0.15, 0.2) is 0 Å². The number of hydrogen-bond acceptors (Lipinski definition) is 3. The smallest absolute Gasteiger partial charge is 0.407 e. The minimum atomic E-state index is -0.413. The molecule has 0 aromatic heterocycles. The fraction of sp³-hybridized carbons (Fsp3) is 0.857. The highest BCUT2D eigenvalue weighted by Gasteiger charge is 2.23. The summed E-state index contributed by atoms with van der Waals surface area (Å²) in [5, 5.41) is 11.7. The van der Waals surface area contributed by atoms with Crippen molar-refractivity contribution < 1.29 is 14.6 Å². The number of alkyl carbamates (subject to hydrolysis) is 1. The Balaban J connectivity index is 2.23. The first-order valence-corrected chi connectivity index (χ1v) is 3.75. The Morgan fingerprint density at radius 1 is 1.64 bits per heavy atom. The van der Waals surface area contributed by atoms with Crippen molar-refractivity contribution in [3.8, 4) is 0 Å². The van der Waals surface area contributed by atoms with Gasteiger partial charge in [0.1, 0.15) is 0 Å². The van der Waals surface area contributed by atoms with Crippen LogP contribution in [-0.2, 0) is 4.74 Å². The van der Waals surface area contributed by atoms with Crippen molar-refractivity contribution in [2.75, 3.05) is 7.11 Å². The van der Waals surface area contributed by atoms with Crippen molar-refractivity contribution in [2.45, 2.75) is 31.4 Å². The van der Waals surface area contributed by atoms with Crippen LogP contribution in [0, 0.1) is 0 Å². The summed E-state index contributed by atoms with van der Waals surface area (Å²) in [7, 11) is 1.33. The Morgan fingerprint density at radius 2 is 2.36 bits per heavy atom. The maximum Gasteiger partial charge on any atom is 0.407 e. The Morgan fingerprint density at radius 3 is 2.82 bits per heavy atom. The van der Waals surface area contributed by atoms with E-state index in [1.165, 1.54) is 7.11 Å². The number of ether oxygens (including phenoxy) is 1. The van der Waals surface area contributed by atoms with E-state index in [1.54, 1.807) is 0 Å². The van der Waals surface area contributed by atoms with Gasteiger partial charge in [0.25, 0.3) is 0 Å². The molecule has 1 aliphatic rings. The van der Waals surface area contributed by atoms with Crippen LogP contribution in [0.4, 0.5) is 4.79 Å². The van der Waals surface area contributed by atoms with Crippen LogP contribution in [0.2, 0.25) is 0 Å². The third-order valence-electron chi connectivity index (χ3n) is 1.91. The quantitative estimate of drug-likeness (QED) is 0.576. The van der Waals surface area contributed by atoms with Crippen LogP contribution in [0.5, 0.6) is 0 Å². The normalized spacial score (nSPS) is 30.0.